The summed E-state index contributed by atoms with van der Waals surface area (Å²) in [6, 6.07) is 21.8. The molecule has 0 heterocycles. The summed E-state index contributed by atoms with van der Waals surface area (Å²) in [4.78, 5) is 23.9. The monoisotopic (exact) mass is 396 g/mol. The van der Waals surface area contributed by atoms with Gasteiger partial charge in [-0.25, -0.2) is 9.59 Å². The quantitative estimate of drug-likeness (QED) is 0.265. The number of rotatable bonds is 5. The fourth-order valence-corrected chi connectivity index (χ4v) is 2.70. The number of hydrogen-bond acceptors (Lipinski definition) is 4. The number of esters is 2. The largest absolute Gasteiger partial charge is 0.458 e. The zero-order chi connectivity index (χ0) is 21.3. The van der Waals surface area contributed by atoms with Crippen LogP contribution in [0.1, 0.15) is 21.5 Å². The molecule has 0 bridgehead atoms. The average molecular weight is 396 g/mol. The van der Waals surface area contributed by atoms with Crippen LogP contribution in [0.15, 0.2) is 85.5 Å². The van der Waals surface area contributed by atoms with E-state index in [9.17, 15) is 9.59 Å². The fraction of sp³-hybridized carbons (Fsp3) is 0.0769. The second-order valence-corrected chi connectivity index (χ2v) is 6.46. The molecule has 0 saturated heterocycles. The smallest absolute Gasteiger partial charge is 0.390 e. The van der Waals surface area contributed by atoms with Crippen molar-refractivity contribution in [3.63, 3.8) is 0 Å². The molecule has 30 heavy (non-hydrogen) atoms. The van der Waals surface area contributed by atoms with Gasteiger partial charge in [0.2, 0.25) is 0 Å². The Morgan fingerprint density at radius 3 is 2.37 bits per heavy atom. The highest BCUT2D eigenvalue weighted by atomic mass is 16.5. The maximum atomic E-state index is 12.1. The Hall–Kier alpha value is -4.10. The van der Waals surface area contributed by atoms with E-state index in [-0.39, 0.29) is 6.61 Å². The maximum absolute atomic E-state index is 12.1. The van der Waals surface area contributed by atoms with Gasteiger partial charge >= 0.3 is 11.9 Å². The highest BCUT2D eigenvalue weighted by Gasteiger charge is 2.08. The van der Waals surface area contributed by atoms with E-state index in [1.165, 1.54) is 35.9 Å². The lowest BCUT2D eigenvalue weighted by atomic mass is 9.99. The van der Waals surface area contributed by atoms with Crippen LogP contribution in [0.25, 0.3) is 11.1 Å². The Morgan fingerprint density at radius 2 is 1.67 bits per heavy atom. The molecule has 3 rings (SSSR count). The summed E-state index contributed by atoms with van der Waals surface area (Å²) in [6.07, 6.45) is 1.49. The third kappa shape index (κ3) is 5.46. The summed E-state index contributed by atoms with van der Waals surface area (Å²) < 4.78 is 10.2. The molecule has 4 nitrogen and oxygen atoms in total. The van der Waals surface area contributed by atoms with Crippen molar-refractivity contribution in [1.29, 1.82) is 0 Å². The van der Waals surface area contributed by atoms with Crippen molar-refractivity contribution < 1.29 is 19.1 Å². The minimum absolute atomic E-state index is 0.134. The molecule has 0 amide bonds. The predicted octanol–water partition coefficient (Wildman–Crippen LogP) is 4.96. The normalized spacial score (nSPS) is 9.77. The van der Waals surface area contributed by atoms with Crippen molar-refractivity contribution in [1.82, 2.24) is 0 Å². The summed E-state index contributed by atoms with van der Waals surface area (Å²) in [5.41, 5.74) is 4.23. The molecule has 0 radical (unpaired) electrons. The topological polar surface area (TPSA) is 52.6 Å². The molecule has 0 N–H and O–H groups in total. The number of hydrogen-bond donors (Lipinski definition) is 0. The third-order valence-corrected chi connectivity index (χ3v) is 4.22. The van der Waals surface area contributed by atoms with Crippen molar-refractivity contribution in [2.24, 2.45) is 0 Å². The number of carbonyl (C=O) groups excluding carboxylic acids is 2. The summed E-state index contributed by atoms with van der Waals surface area (Å²) in [7, 11) is 0. The molecule has 0 saturated carbocycles. The molecule has 0 fully saturated rings. The first kappa shape index (κ1) is 20.6. The molecule has 0 unspecified atom stereocenters. The number of benzene rings is 3. The Morgan fingerprint density at radius 1 is 0.967 bits per heavy atom. The first-order chi connectivity index (χ1) is 14.6. The summed E-state index contributed by atoms with van der Waals surface area (Å²) >= 11 is 0. The zero-order valence-corrected chi connectivity index (χ0v) is 16.6. The van der Waals surface area contributed by atoms with Gasteiger partial charge in [0.15, 0.2) is 0 Å². The average Bonchev–Trinajstić information content (AvgIpc) is 2.77. The van der Waals surface area contributed by atoms with Crippen molar-refractivity contribution >= 4 is 11.9 Å². The lowest BCUT2D eigenvalue weighted by molar-refractivity contribution is -0.128. The number of aryl methyl sites for hydroxylation is 1. The van der Waals surface area contributed by atoms with E-state index in [4.69, 9.17) is 9.47 Å². The van der Waals surface area contributed by atoms with Gasteiger partial charge in [-0.05, 0) is 48.4 Å². The molecular formula is C26H20O4. The van der Waals surface area contributed by atoms with Gasteiger partial charge in [0.25, 0.3) is 0 Å². The van der Waals surface area contributed by atoms with Gasteiger partial charge in [0, 0.05) is 11.5 Å². The molecule has 0 aliphatic rings. The minimum Gasteiger partial charge on any atom is -0.458 e. The van der Waals surface area contributed by atoms with Crippen molar-refractivity contribution in [3.8, 4) is 28.7 Å². The van der Waals surface area contributed by atoms with E-state index in [1.807, 2.05) is 55.5 Å². The molecule has 3 aromatic carbocycles. The van der Waals surface area contributed by atoms with Crippen LogP contribution in [-0.4, -0.2) is 18.5 Å². The van der Waals surface area contributed by atoms with Crippen LogP contribution in [0.2, 0.25) is 0 Å². The second kappa shape index (κ2) is 9.90. The van der Waals surface area contributed by atoms with Crippen molar-refractivity contribution in [2.75, 3.05) is 6.61 Å². The lowest BCUT2D eigenvalue weighted by Crippen LogP contribution is -2.07. The van der Waals surface area contributed by atoms with E-state index in [2.05, 4.69) is 18.4 Å². The Bertz CT molecular complexity index is 1110. The molecule has 0 atom stereocenters. The van der Waals surface area contributed by atoms with Crippen LogP contribution in [0.4, 0.5) is 0 Å². The van der Waals surface area contributed by atoms with Gasteiger partial charge in [0.05, 0.1) is 5.56 Å². The van der Waals surface area contributed by atoms with Crippen molar-refractivity contribution in [3.05, 3.63) is 102 Å². The van der Waals surface area contributed by atoms with Crippen LogP contribution in [0.5, 0.6) is 5.75 Å². The molecule has 0 spiro atoms. The molecule has 0 aliphatic carbocycles. The molecular weight excluding hydrogens is 376 g/mol. The van der Waals surface area contributed by atoms with Gasteiger partial charge in [-0.1, -0.05) is 66.6 Å². The van der Waals surface area contributed by atoms with Gasteiger partial charge in [-0.2, -0.15) is 0 Å². The number of carbonyl (C=O) groups is 2. The summed E-state index contributed by atoms with van der Waals surface area (Å²) in [6.45, 7) is 5.65. The van der Waals surface area contributed by atoms with E-state index in [0.29, 0.717) is 11.3 Å². The fourth-order valence-electron chi connectivity index (χ4n) is 2.70. The highest BCUT2D eigenvalue weighted by Crippen LogP contribution is 2.23. The molecule has 0 aromatic heterocycles. The Labute approximate surface area is 175 Å². The maximum Gasteiger partial charge on any atom is 0.390 e. The molecule has 3 aromatic rings. The van der Waals surface area contributed by atoms with Gasteiger partial charge in [-0.15, -0.1) is 0 Å². The lowest BCUT2D eigenvalue weighted by Gasteiger charge is -2.05. The van der Waals surface area contributed by atoms with Crippen LogP contribution in [-0.2, 0) is 9.53 Å². The standard InChI is InChI=1S/C26H20O4/c1-3-18-29-26(28)22-12-15-23(16-13-22)30-25(27)17-14-20-6-4-5-7-24(20)21-10-8-19(2)9-11-21/h3-13,15-16H,1,18H2,2H3. The zero-order valence-electron chi connectivity index (χ0n) is 16.6. The predicted molar refractivity (Wildman–Crippen MR) is 116 cm³/mol. The van der Waals surface area contributed by atoms with Gasteiger partial charge in [-0.3, -0.25) is 0 Å². The van der Waals surface area contributed by atoms with Crippen LogP contribution >= 0.6 is 0 Å². The van der Waals surface area contributed by atoms with E-state index < -0.39 is 11.9 Å². The Balaban J connectivity index is 1.70. The summed E-state index contributed by atoms with van der Waals surface area (Å²) in [5, 5.41) is 0. The van der Waals surface area contributed by atoms with Crippen LogP contribution < -0.4 is 4.74 Å². The SMILES string of the molecule is C=CCOC(=O)c1ccc(OC(=O)C#Cc2ccccc2-c2ccc(C)cc2)cc1. The van der Waals surface area contributed by atoms with Gasteiger partial charge in [0.1, 0.15) is 12.4 Å². The van der Waals surface area contributed by atoms with Crippen LogP contribution in [0, 0.1) is 18.8 Å². The Kier molecular flexibility index (Phi) is 6.81. The molecule has 148 valence electrons. The minimum atomic E-state index is -0.685. The van der Waals surface area contributed by atoms with Crippen LogP contribution in [0.3, 0.4) is 0 Å². The first-order valence-electron chi connectivity index (χ1n) is 9.35. The second-order valence-electron chi connectivity index (χ2n) is 6.46. The molecule has 0 aliphatic heterocycles. The van der Waals surface area contributed by atoms with Crippen molar-refractivity contribution in [2.45, 2.75) is 6.92 Å². The molecule has 4 heteroatoms. The van der Waals surface area contributed by atoms with E-state index in [1.54, 1.807) is 0 Å². The third-order valence-electron chi connectivity index (χ3n) is 4.22. The first-order valence-corrected chi connectivity index (χ1v) is 9.35. The van der Waals surface area contributed by atoms with Gasteiger partial charge < -0.3 is 9.47 Å². The van der Waals surface area contributed by atoms with E-state index >= 15 is 0 Å². The number of ether oxygens (including phenoxy) is 2. The summed E-state index contributed by atoms with van der Waals surface area (Å²) in [5.74, 6) is 4.55. The highest BCUT2D eigenvalue weighted by molar-refractivity contribution is 5.92. The van der Waals surface area contributed by atoms with E-state index in [0.717, 1.165) is 16.7 Å².